The van der Waals surface area contributed by atoms with E-state index in [2.05, 4.69) is 4.74 Å². The molecule has 0 saturated heterocycles. The summed E-state index contributed by atoms with van der Waals surface area (Å²) in [4.78, 5) is 22.3. The van der Waals surface area contributed by atoms with E-state index in [1.165, 1.54) is 18.2 Å². The van der Waals surface area contributed by atoms with Gasteiger partial charge in [0.05, 0.1) is 12.7 Å². The van der Waals surface area contributed by atoms with Gasteiger partial charge in [-0.1, -0.05) is 6.07 Å². The summed E-state index contributed by atoms with van der Waals surface area (Å²) in [6.45, 7) is 0. The van der Waals surface area contributed by atoms with E-state index in [1.54, 1.807) is 0 Å². The minimum atomic E-state index is -1.82. The van der Waals surface area contributed by atoms with Crippen molar-refractivity contribution in [3.05, 3.63) is 29.3 Å². The molecule has 0 aromatic heterocycles. The second-order valence-electron chi connectivity index (χ2n) is 3.63. The second-order valence-corrected chi connectivity index (χ2v) is 3.63. The third-order valence-electron chi connectivity index (χ3n) is 2.39. The van der Waals surface area contributed by atoms with E-state index in [-0.39, 0.29) is 16.8 Å². The largest absolute Gasteiger partial charge is 0.465 e. The molecule has 0 spiro atoms. The van der Waals surface area contributed by atoms with Crippen LogP contribution in [0, 0.1) is 0 Å². The topological polar surface area (TPSA) is 136 Å². The summed E-state index contributed by atoms with van der Waals surface area (Å²) < 4.78 is 4.52. The first-order valence-electron chi connectivity index (χ1n) is 5.01. The molecule has 6 N–H and O–H groups in total. The predicted molar refractivity (Wildman–Crippen MR) is 62.4 cm³/mol. The number of carbonyl (C=O) groups is 2. The van der Waals surface area contributed by atoms with Crippen LogP contribution >= 0.6 is 0 Å². The SMILES string of the molecule is COC(=O)c1cc(N)ccc1C(O)C(O)C(N)=O. The Morgan fingerprint density at radius 2 is 1.94 bits per heavy atom. The van der Waals surface area contributed by atoms with E-state index < -0.39 is 24.1 Å². The molecule has 0 radical (unpaired) electrons. The summed E-state index contributed by atoms with van der Waals surface area (Å²) >= 11 is 0. The first-order chi connectivity index (χ1) is 8.38. The first kappa shape index (κ1) is 13.9. The summed E-state index contributed by atoms with van der Waals surface area (Å²) in [5, 5.41) is 19.2. The van der Waals surface area contributed by atoms with Crippen LogP contribution in [0.5, 0.6) is 0 Å². The minimum Gasteiger partial charge on any atom is -0.465 e. The van der Waals surface area contributed by atoms with Gasteiger partial charge >= 0.3 is 5.97 Å². The van der Waals surface area contributed by atoms with Gasteiger partial charge in [0.15, 0.2) is 6.10 Å². The summed E-state index contributed by atoms with van der Waals surface area (Å²) in [6, 6.07) is 4.01. The lowest BCUT2D eigenvalue weighted by atomic mass is 9.97. The number of esters is 1. The quantitative estimate of drug-likeness (QED) is 0.399. The Morgan fingerprint density at radius 3 is 2.44 bits per heavy atom. The standard InChI is InChI=1S/C11H14N2O5/c1-18-11(17)7-4-5(12)2-3-6(7)8(14)9(15)10(13)16/h2-4,8-9,14-15H,12H2,1H3,(H2,13,16). The van der Waals surface area contributed by atoms with Gasteiger partial charge in [-0.2, -0.15) is 0 Å². The smallest absolute Gasteiger partial charge is 0.338 e. The highest BCUT2D eigenvalue weighted by atomic mass is 16.5. The molecule has 0 aliphatic carbocycles. The van der Waals surface area contributed by atoms with Crippen molar-refractivity contribution in [2.45, 2.75) is 12.2 Å². The Labute approximate surface area is 103 Å². The van der Waals surface area contributed by atoms with Crippen LogP contribution < -0.4 is 11.5 Å². The number of nitrogen functional groups attached to an aromatic ring is 1. The van der Waals surface area contributed by atoms with Crippen molar-refractivity contribution in [3.63, 3.8) is 0 Å². The summed E-state index contributed by atoms with van der Waals surface area (Å²) in [5.74, 6) is -1.84. The Kier molecular flexibility index (Phi) is 4.24. The highest BCUT2D eigenvalue weighted by Gasteiger charge is 2.27. The predicted octanol–water partition coefficient (Wildman–Crippen LogP) is -1.06. The highest BCUT2D eigenvalue weighted by molar-refractivity contribution is 5.92. The molecule has 1 amide bonds. The molecule has 0 aliphatic rings. The molecule has 18 heavy (non-hydrogen) atoms. The van der Waals surface area contributed by atoms with Crippen LogP contribution in [0.1, 0.15) is 22.0 Å². The number of hydrogen-bond donors (Lipinski definition) is 4. The van der Waals surface area contributed by atoms with Crippen molar-refractivity contribution < 1.29 is 24.5 Å². The third-order valence-corrected chi connectivity index (χ3v) is 2.39. The average Bonchev–Trinajstić information content (AvgIpc) is 2.35. The molecule has 0 saturated carbocycles. The molecule has 0 fully saturated rings. The van der Waals surface area contributed by atoms with Gasteiger partial charge in [0.25, 0.3) is 0 Å². The number of ether oxygens (including phenoxy) is 1. The van der Waals surface area contributed by atoms with Crippen LogP contribution in [0.3, 0.4) is 0 Å². The number of rotatable bonds is 4. The van der Waals surface area contributed by atoms with E-state index in [1.807, 2.05) is 0 Å². The lowest BCUT2D eigenvalue weighted by Gasteiger charge is -2.18. The van der Waals surface area contributed by atoms with Crippen molar-refractivity contribution in [1.29, 1.82) is 0 Å². The van der Waals surface area contributed by atoms with Crippen molar-refractivity contribution in [1.82, 2.24) is 0 Å². The van der Waals surface area contributed by atoms with Gasteiger partial charge < -0.3 is 26.4 Å². The lowest BCUT2D eigenvalue weighted by Crippen LogP contribution is -2.34. The molecule has 1 rings (SSSR count). The maximum Gasteiger partial charge on any atom is 0.338 e. The molecule has 7 heteroatoms. The monoisotopic (exact) mass is 254 g/mol. The van der Waals surface area contributed by atoms with Gasteiger partial charge in [-0.05, 0) is 17.7 Å². The maximum atomic E-state index is 11.5. The van der Waals surface area contributed by atoms with Gasteiger partial charge in [-0.15, -0.1) is 0 Å². The normalized spacial score (nSPS) is 13.7. The van der Waals surface area contributed by atoms with Gasteiger partial charge in [0.1, 0.15) is 6.10 Å². The van der Waals surface area contributed by atoms with Crippen LogP contribution in [-0.2, 0) is 9.53 Å². The number of anilines is 1. The second kappa shape index (κ2) is 5.48. The van der Waals surface area contributed by atoms with E-state index in [4.69, 9.17) is 11.5 Å². The third kappa shape index (κ3) is 2.76. The molecule has 0 heterocycles. The van der Waals surface area contributed by atoms with E-state index in [9.17, 15) is 19.8 Å². The molecular weight excluding hydrogens is 240 g/mol. The maximum absolute atomic E-state index is 11.5. The van der Waals surface area contributed by atoms with Crippen molar-refractivity contribution in [3.8, 4) is 0 Å². The summed E-state index contributed by atoms with van der Waals surface area (Å²) in [7, 11) is 1.16. The number of benzene rings is 1. The first-order valence-corrected chi connectivity index (χ1v) is 5.01. The number of aliphatic hydroxyl groups excluding tert-OH is 2. The Morgan fingerprint density at radius 1 is 1.33 bits per heavy atom. The molecule has 2 atom stereocenters. The zero-order valence-corrected chi connectivity index (χ0v) is 9.66. The number of nitrogens with two attached hydrogens (primary N) is 2. The number of aliphatic hydroxyl groups is 2. The van der Waals surface area contributed by atoms with Gasteiger partial charge in [0, 0.05) is 5.69 Å². The van der Waals surface area contributed by atoms with E-state index in [0.717, 1.165) is 7.11 Å². The number of methoxy groups -OCH3 is 1. The van der Waals surface area contributed by atoms with Gasteiger partial charge in [-0.25, -0.2) is 4.79 Å². The zero-order valence-electron chi connectivity index (χ0n) is 9.66. The van der Waals surface area contributed by atoms with Crippen LogP contribution in [0.25, 0.3) is 0 Å². The Bertz CT molecular complexity index is 475. The van der Waals surface area contributed by atoms with Crippen molar-refractivity contribution in [2.75, 3.05) is 12.8 Å². The Hall–Kier alpha value is -2.12. The lowest BCUT2D eigenvalue weighted by molar-refractivity contribution is -0.132. The van der Waals surface area contributed by atoms with Crippen LogP contribution in [0.15, 0.2) is 18.2 Å². The molecular formula is C11H14N2O5. The summed E-state index contributed by atoms with van der Waals surface area (Å²) in [6.07, 6.45) is -3.45. The number of carbonyl (C=O) groups excluding carboxylic acids is 2. The molecule has 1 aromatic rings. The average molecular weight is 254 g/mol. The van der Waals surface area contributed by atoms with Crippen LogP contribution in [0.4, 0.5) is 5.69 Å². The zero-order chi connectivity index (χ0) is 13.9. The molecule has 1 aromatic carbocycles. The van der Waals surface area contributed by atoms with Crippen molar-refractivity contribution in [2.24, 2.45) is 5.73 Å². The van der Waals surface area contributed by atoms with Gasteiger partial charge in [-0.3, -0.25) is 4.79 Å². The van der Waals surface area contributed by atoms with Crippen molar-refractivity contribution >= 4 is 17.6 Å². The number of primary amides is 1. The Balaban J connectivity index is 3.23. The van der Waals surface area contributed by atoms with E-state index >= 15 is 0 Å². The fourth-order valence-electron chi connectivity index (χ4n) is 1.44. The van der Waals surface area contributed by atoms with E-state index in [0.29, 0.717) is 0 Å². The summed E-state index contributed by atoms with van der Waals surface area (Å²) in [5.41, 5.74) is 10.6. The number of hydrogen-bond acceptors (Lipinski definition) is 6. The molecule has 98 valence electrons. The minimum absolute atomic E-state index is 0.0161. The van der Waals surface area contributed by atoms with Crippen LogP contribution in [0.2, 0.25) is 0 Å². The van der Waals surface area contributed by atoms with Gasteiger partial charge in [0.2, 0.25) is 5.91 Å². The number of amides is 1. The molecule has 2 unspecified atom stereocenters. The fraction of sp³-hybridized carbons (Fsp3) is 0.273. The molecule has 0 aliphatic heterocycles. The molecule has 0 bridgehead atoms. The highest BCUT2D eigenvalue weighted by Crippen LogP contribution is 2.24. The molecule has 7 nitrogen and oxygen atoms in total. The van der Waals surface area contributed by atoms with Crippen LogP contribution in [-0.4, -0.2) is 35.3 Å². The fourth-order valence-corrected chi connectivity index (χ4v) is 1.44.